The summed E-state index contributed by atoms with van der Waals surface area (Å²) >= 11 is 0. The fraction of sp³-hybridized carbons (Fsp3) is 0.500. The lowest BCUT2D eigenvalue weighted by Crippen LogP contribution is -2.31. The van der Waals surface area contributed by atoms with Gasteiger partial charge in [-0.1, -0.05) is 20.3 Å². The van der Waals surface area contributed by atoms with Crippen molar-refractivity contribution >= 4 is 15.9 Å². The Labute approximate surface area is 125 Å². The molecule has 6 nitrogen and oxygen atoms in total. The maximum atomic E-state index is 12.5. The second-order valence-corrected chi connectivity index (χ2v) is 6.67. The number of benzene rings is 1. The predicted octanol–water partition coefficient (Wildman–Crippen LogP) is 1.46. The average Bonchev–Trinajstić information content (AvgIpc) is 2.44. The van der Waals surface area contributed by atoms with Gasteiger partial charge in [0.1, 0.15) is 5.75 Å². The number of ether oxygens (including phenoxy) is 1. The molecule has 118 valence electrons. The minimum Gasteiger partial charge on any atom is -0.496 e. The Morgan fingerprint density at radius 3 is 2.52 bits per heavy atom. The van der Waals surface area contributed by atoms with Gasteiger partial charge in [-0.05, 0) is 24.1 Å². The summed E-state index contributed by atoms with van der Waals surface area (Å²) in [4.78, 5) is 13.9. The highest BCUT2D eigenvalue weighted by molar-refractivity contribution is 7.89. The molecule has 0 bridgehead atoms. The van der Waals surface area contributed by atoms with Crippen LogP contribution in [-0.4, -0.2) is 39.9 Å². The number of hydrogen-bond donors (Lipinski definition) is 1. The zero-order chi connectivity index (χ0) is 16.2. The lowest BCUT2D eigenvalue weighted by atomic mass is 10.1. The van der Waals surface area contributed by atoms with Crippen LogP contribution >= 0.6 is 0 Å². The summed E-state index contributed by atoms with van der Waals surface area (Å²) in [5.41, 5.74) is 0.190. The largest absolute Gasteiger partial charge is 0.496 e. The molecule has 1 rings (SSSR count). The number of nitrogens with two attached hydrogens (primary N) is 1. The summed E-state index contributed by atoms with van der Waals surface area (Å²) in [6.45, 7) is 4.67. The van der Waals surface area contributed by atoms with Gasteiger partial charge in [0.2, 0.25) is 10.0 Å². The first-order valence-electron chi connectivity index (χ1n) is 6.67. The van der Waals surface area contributed by atoms with E-state index < -0.39 is 10.0 Å². The maximum absolute atomic E-state index is 12.5. The van der Waals surface area contributed by atoms with Crippen molar-refractivity contribution in [2.45, 2.75) is 25.2 Å². The quantitative estimate of drug-likeness (QED) is 0.860. The third-order valence-corrected chi connectivity index (χ3v) is 4.27. The number of sulfonamides is 1. The third kappa shape index (κ3) is 4.44. The van der Waals surface area contributed by atoms with Crippen LogP contribution in [0.25, 0.3) is 0 Å². The van der Waals surface area contributed by atoms with E-state index in [0.717, 1.165) is 6.42 Å². The molecular weight excluding hydrogens is 292 g/mol. The van der Waals surface area contributed by atoms with Gasteiger partial charge in [0, 0.05) is 13.6 Å². The van der Waals surface area contributed by atoms with Crippen LogP contribution in [-0.2, 0) is 10.0 Å². The van der Waals surface area contributed by atoms with Crippen LogP contribution in [0.3, 0.4) is 0 Å². The zero-order valence-corrected chi connectivity index (χ0v) is 13.6. The predicted molar refractivity (Wildman–Crippen MR) is 80.8 cm³/mol. The topological polar surface area (TPSA) is 89.7 Å². The van der Waals surface area contributed by atoms with Crippen molar-refractivity contribution in [2.24, 2.45) is 11.1 Å². The molecule has 0 fully saturated rings. The van der Waals surface area contributed by atoms with Crippen LogP contribution in [0.2, 0.25) is 0 Å². The molecule has 1 aromatic rings. The molecule has 2 N–H and O–H groups in total. The number of carbonyl (C=O) groups is 1. The molecule has 0 saturated heterocycles. The van der Waals surface area contributed by atoms with Gasteiger partial charge in [-0.2, -0.15) is 0 Å². The van der Waals surface area contributed by atoms with Crippen molar-refractivity contribution in [2.75, 3.05) is 20.7 Å². The van der Waals surface area contributed by atoms with Gasteiger partial charge < -0.3 is 9.64 Å². The summed E-state index contributed by atoms with van der Waals surface area (Å²) in [6, 6.07) is 4.01. The van der Waals surface area contributed by atoms with Crippen LogP contribution in [0.15, 0.2) is 23.1 Å². The lowest BCUT2D eigenvalue weighted by Gasteiger charge is -2.22. The van der Waals surface area contributed by atoms with Gasteiger partial charge in [-0.3, -0.25) is 4.79 Å². The molecule has 7 heteroatoms. The molecule has 0 saturated carbocycles. The van der Waals surface area contributed by atoms with E-state index >= 15 is 0 Å². The SMILES string of the molecule is CCC(C)CN(C)C(=O)c1cc(S(N)(=O)=O)ccc1OC. The first-order valence-corrected chi connectivity index (χ1v) is 8.21. The monoisotopic (exact) mass is 314 g/mol. The number of primary sulfonamides is 1. The van der Waals surface area contributed by atoms with Gasteiger partial charge in [-0.15, -0.1) is 0 Å². The molecule has 21 heavy (non-hydrogen) atoms. The summed E-state index contributed by atoms with van der Waals surface area (Å²) in [7, 11) is -0.757. The summed E-state index contributed by atoms with van der Waals surface area (Å²) in [5.74, 6) is 0.382. The molecule has 0 spiro atoms. The molecule has 0 heterocycles. The van der Waals surface area contributed by atoms with Gasteiger partial charge in [0.15, 0.2) is 0 Å². The molecule has 1 amide bonds. The van der Waals surface area contributed by atoms with Crippen molar-refractivity contribution in [3.63, 3.8) is 0 Å². The second kappa shape index (κ2) is 6.91. The number of amides is 1. The summed E-state index contributed by atoms with van der Waals surface area (Å²) in [6.07, 6.45) is 0.950. The van der Waals surface area contributed by atoms with Crippen LogP contribution in [0.1, 0.15) is 30.6 Å². The normalized spacial score (nSPS) is 12.8. The first kappa shape index (κ1) is 17.5. The van der Waals surface area contributed by atoms with Gasteiger partial charge >= 0.3 is 0 Å². The standard InChI is InChI=1S/C14H22N2O4S/c1-5-10(2)9-16(3)14(17)12-8-11(21(15,18)19)6-7-13(12)20-4/h6-8,10H,5,9H2,1-4H3,(H2,15,18,19). The smallest absolute Gasteiger partial charge is 0.257 e. The average molecular weight is 314 g/mol. The summed E-state index contributed by atoms with van der Waals surface area (Å²) in [5, 5.41) is 5.10. The first-order chi connectivity index (χ1) is 9.70. The number of hydrogen-bond acceptors (Lipinski definition) is 4. The van der Waals surface area contributed by atoms with Gasteiger partial charge in [0.05, 0.1) is 17.6 Å². The van der Waals surface area contributed by atoms with E-state index in [-0.39, 0.29) is 16.4 Å². The molecular formula is C14H22N2O4S. The molecule has 0 radical (unpaired) electrons. The van der Waals surface area contributed by atoms with E-state index in [0.29, 0.717) is 18.2 Å². The molecule has 0 aliphatic rings. The Balaban J connectivity index is 3.17. The highest BCUT2D eigenvalue weighted by Gasteiger charge is 2.20. The minimum atomic E-state index is -3.86. The number of rotatable bonds is 6. The Kier molecular flexibility index (Phi) is 5.74. The molecule has 1 unspecified atom stereocenters. The highest BCUT2D eigenvalue weighted by Crippen LogP contribution is 2.23. The van der Waals surface area contributed by atoms with Crippen LogP contribution in [0.4, 0.5) is 0 Å². The molecule has 0 aromatic heterocycles. The van der Waals surface area contributed by atoms with E-state index in [1.54, 1.807) is 11.9 Å². The fourth-order valence-electron chi connectivity index (χ4n) is 1.92. The summed E-state index contributed by atoms with van der Waals surface area (Å²) < 4.78 is 28.0. The molecule has 1 atom stereocenters. The zero-order valence-electron chi connectivity index (χ0n) is 12.8. The molecule has 0 aliphatic heterocycles. The Hall–Kier alpha value is -1.60. The number of methoxy groups -OCH3 is 1. The van der Waals surface area contributed by atoms with Crippen molar-refractivity contribution in [1.82, 2.24) is 4.90 Å². The number of carbonyl (C=O) groups excluding carboxylic acids is 1. The van der Waals surface area contributed by atoms with Gasteiger partial charge in [-0.25, -0.2) is 13.6 Å². The maximum Gasteiger partial charge on any atom is 0.257 e. The van der Waals surface area contributed by atoms with E-state index in [1.807, 2.05) is 13.8 Å². The van der Waals surface area contributed by atoms with Crippen molar-refractivity contribution in [1.29, 1.82) is 0 Å². The van der Waals surface area contributed by atoms with E-state index in [1.165, 1.54) is 25.3 Å². The fourth-order valence-corrected chi connectivity index (χ4v) is 2.46. The Morgan fingerprint density at radius 1 is 1.43 bits per heavy atom. The van der Waals surface area contributed by atoms with E-state index in [9.17, 15) is 13.2 Å². The van der Waals surface area contributed by atoms with Crippen LogP contribution in [0.5, 0.6) is 5.75 Å². The van der Waals surface area contributed by atoms with Crippen molar-refractivity contribution < 1.29 is 17.9 Å². The molecule has 0 aliphatic carbocycles. The van der Waals surface area contributed by atoms with E-state index in [2.05, 4.69) is 0 Å². The van der Waals surface area contributed by atoms with Crippen LogP contribution in [0, 0.1) is 5.92 Å². The third-order valence-electron chi connectivity index (χ3n) is 3.36. The van der Waals surface area contributed by atoms with Gasteiger partial charge in [0.25, 0.3) is 5.91 Å². The van der Waals surface area contributed by atoms with Crippen LogP contribution < -0.4 is 9.88 Å². The highest BCUT2D eigenvalue weighted by atomic mass is 32.2. The second-order valence-electron chi connectivity index (χ2n) is 5.11. The van der Waals surface area contributed by atoms with Crippen molar-refractivity contribution in [3.8, 4) is 5.75 Å². The Morgan fingerprint density at radius 2 is 2.05 bits per heavy atom. The Bertz CT molecular complexity index is 613. The van der Waals surface area contributed by atoms with E-state index in [4.69, 9.17) is 9.88 Å². The lowest BCUT2D eigenvalue weighted by molar-refractivity contribution is 0.0771. The number of nitrogens with zero attached hydrogens (tertiary/aromatic N) is 1. The van der Waals surface area contributed by atoms with Crippen molar-refractivity contribution in [3.05, 3.63) is 23.8 Å². The molecule has 1 aromatic carbocycles. The minimum absolute atomic E-state index is 0.108.